The Kier molecular flexibility index (Phi) is 2.81. The van der Waals surface area contributed by atoms with Crippen LogP contribution in [-0.4, -0.2) is 14.6 Å². The third-order valence-electron chi connectivity index (χ3n) is 1.95. The molecule has 72 valence electrons. The van der Waals surface area contributed by atoms with E-state index in [2.05, 4.69) is 14.6 Å². The number of rotatable bonds is 3. The minimum absolute atomic E-state index is 0.0163. The lowest BCUT2D eigenvalue weighted by molar-refractivity contribution is 0.733. The summed E-state index contributed by atoms with van der Waals surface area (Å²) in [5, 5.41) is 3.76. The Morgan fingerprint density at radius 2 is 2.14 bits per heavy atom. The van der Waals surface area contributed by atoms with Gasteiger partial charge in [-0.3, -0.25) is 4.98 Å². The van der Waals surface area contributed by atoms with Crippen molar-refractivity contribution in [3.8, 4) is 0 Å². The van der Waals surface area contributed by atoms with Gasteiger partial charge in [-0.05, 0) is 35.6 Å². The largest absolute Gasteiger partial charge is 0.323 e. The summed E-state index contributed by atoms with van der Waals surface area (Å²) in [6.45, 7) is 0. The van der Waals surface area contributed by atoms with E-state index in [1.165, 1.54) is 17.1 Å². The molecule has 2 aromatic heterocycles. The molecule has 0 radical (unpaired) electrons. The second kappa shape index (κ2) is 4.26. The number of nitrogens with two attached hydrogens (primary N) is 1. The van der Waals surface area contributed by atoms with Gasteiger partial charge < -0.3 is 5.73 Å². The molecular formula is C9H10N4S. The minimum atomic E-state index is -0.0163. The highest BCUT2D eigenvalue weighted by atomic mass is 32.1. The Bertz CT molecular complexity index is 373. The van der Waals surface area contributed by atoms with Crippen LogP contribution < -0.4 is 5.73 Å². The second-order valence-electron chi connectivity index (χ2n) is 2.99. The molecule has 0 saturated carbocycles. The predicted molar refractivity (Wildman–Crippen MR) is 54.8 cm³/mol. The van der Waals surface area contributed by atoms with Gasteiger partial charge in [0.2, 0.25) is 0 Å². The molecule has 2 N–H and O–H groups in total. The molecule has 2 rings (SSSR count). The number of pyridine rings is 1. The van der Waals surface area contributed by atoms with Gasteiger partial charge in [0, 0.05) is 18.4 Å². The maximum Gasteiger partial charge on any atom is 0.0669 e. The quantitative estimate of drug-likeness (QED) is 0.818. The first-order valence-electron chi connectivity index (χ1n) is 4.28. The molecule has 0 spiro atoms. The predicted octanol–water partition coefficient (Wildman–Crippen LogP) is 1.18. The Balaban J connectivity index is 2.06. The maximum absolute atomic E-state index is 5.98. The molecular weight excluding hydrogens is 196 g/mol. The average molecular weight is 206 g/mol. The molecule has 5 heteroatoms. The van der Waals surface area contributed by atoms with Crippen molar-refractivity contribution in [1.82, 2.24) is 14.6 Å². The van der Waals surface area contributed by atoms with Crippen LogP contribution in [0.5, 0.6) is 0 Å². The minimum Gasteiger partial charge on any atom is -0.323 e. The van der Waals surface area contributed by atoms with E-state index < -0.39 is 0 Å². The van der Waals surface area contributed by atoms with E-state index in [1.54, 1.807) is 18.6 Å². The van der Waals surface area contributed by atoms with Gasteiger partial charge in [-0.1, -0.05) is 4.49 Å². The molecule has 4 nitrogen and oxygen atoms in total. The third-order valence-corrected chi connectivity index (χ3v) is 2.74. The van der Waals surface area contributed by atoms with Gasteiger partial charge in [-0.25, -0.2) is 0 Å². The van der Waals surface area contributed by atoms with Crippen LogP contribution >= 0.6 is 11.5 Å². The molecule has 0 aliphatic carbocycles. The fraction of sp³-hybridized carbons (Fsp3) is 0.222. The zero-order chi connectivity index (χ0) is 9.80. The maximum atomic E-state index is 5.98. The Hall–Kier alpha value is -1.33. The lowest BCUT2D eigenvalue weighted by Crippen LogP contribution is -2.11. The first-order chi connectivity index (χ1) is 6.86. The van der Waals surface area contributed by atoms with E-state index in [0.29, 0.717) is 0 Å². The summed E-state index contributed by atoms with van der Waals surface area (Å²) in [6.07, 6.45) is 6.06. The van der Waals surface area contributed by atoms with Crippen LogP contribution in [0.4, 0.5) is 0 Å². The zero-order valence-electron chi connectivity index (χ0n) is 7.50. The first kappa shape index (κ1) is 9.23. The van der Waals surface area contributed by atoms with Crippen molar-refractivity contribution in [3.05, 3.63) is 41.2 Å². The highest BCUT2D eigenvalue weighted by molar-refractivity contribution is 7.05. The molecule has 2 aromatic rings. The molecule has 14 heavy (non-hydrogen) atoms. The standard InChI is InChI=1S/C9H10N4S/c10-8(9-6-12-13-14-9)5-7-1-3-11-4-2-7/h1-4,6,8H,5,10H2. The van der Waals surface area contributed by atoms with Crippen molar-refractivity contribution in [2.24, 2.45) is 5.73 Å². The molecule has 2 heterocycles. The smallest absolute Gasteiger partial charge is 0.0669 e. The van der Waals surface area contributed by atoms with E-state index in [9.17, 15) is 0 Å². The molecule has 0 saturated heterocycles. The lowest BCUT2D eigenvalue weighted by atomic mass is 10.1. The first-order valence-corrected chi connectivity index (χ1v) is 5.05. The summed E-state index contributed by atoms with van der Waals surface area (Å²) in [7, 11) is 0. The van der Waals surface area contributed by atoms with Crippen molar-refractivity contribution >= 4 is 11.5 Å². The Morgan fingerprint density at radius 3 is 2.79 bits per heavy atom. The Morgan fingerprint density at radius 1 is 1.36 bits per heavy atom. The van der Waals surface area contributed by atoms with Crippen LogP contribution in [0.3, 0.4) is 0 Å². The van der Waals surface area contributed by atoms with Gasteiger partial charge in [0.1, 0.15) is 0 Å². The van der Waals surface area contributed by atoms with Crippen molar-refractivity contribution in [2.45, 2.75) is 12.5 Å². The average Bonchev–Trinajstić information content (AvgIpc) is 2.72. The fourth-order valence-corrected chi connectivity index (χ4v) is 1.71. The molecule has 0 aromatic carbocycles. The van der Waals surface area contributed by atoms with Gasteiger partial charge in [-0.15, -0.1) is 5.10 Å². The molecule has 0 fully saturated rings. The molecule has 0 aliphatic rings. The van der Waals surface area contributed by atoms with Crippen LogP contribution in [0, 0.1) is 0 Å². The second-order valence-corrected chi connectivity index (χ2v) is 3.80. The van der Waals surface area contributed by atoms with Crippen LogP contribution in [0.2, 0.25) is 0 Å². The molecule has 1 atom stereocenters. The van der Waals surface area contributed by atoms with E-state index in [-0.39, 0.29) is 6.04 Å². The normalized spacial score (nSPS) is 12.6. The topological polar surface area (TPSA) is 64.7 Å². The summed E-state index contributed by atoms with van der Waals surface area (Å²) in [6, 6.07) is 3.92. The van der Waals surface area contributed by atoms with Crippen LogP contribution in [0.25, 0.3) is 0 Å². The van der Waals surface area contributed by atoms with E-state index in [4.69, 9.17) is 5.73 Å². The summed E-state index contributed by atoms with van der Waals surface area (Å²) in [4.78, 5) is 4.97. The molecule has 0 amide bonds. The third kappa shape index (κ3) is 2.12. The summed E-state index contributed by atoms with van der Waals surface area (Å²) < 4.78 is 3.78. The number of aromatic nitrogens is 3. The van der Waals surface area contributed by atoms with Gasteiger partial charge in [0.05, 0.1) is 11.1 Å². The van der Waals surface area contributed by atoms with Gasteiger partial charge in [0.25, 0.3) is 0 Å². The van der Waals surface area contributed by atoms with Crippen LogP contribution in [0.15, 0.2) is 30.7 Å². The van der Waals surface area contributed by atoms with E-state index in [1.807, 2.05) is 12.1 Å². The molecule has 0 bridgehead atoms. The van der Waals surface area contributed by atoms with Gasteiger partial charge in [0.15, 0.2) is 0 Å². The summed E-state index contributed by atoms with van der Waals surface area (Å²) in [5.41, 5.74) is 7.16. The van der Waals surface area contributed by atoms with Gasteiger partial charge in [-0.2, -0.15) is 0 Å². The summed E-state index contributed by atoms with van der Waals surface area (Å²) in [5.74, 6) is 0. The van der Waals surface area contributed by atoms with Crippen molar-refractivity contribution in [2.75, 3.05) is 0 Å². The lowest BCUT2D eigenvalue weighted by Gasteiger charge is -2.07. The number of hydrogen-bond donors (Lipinski definition) is 1. The SMILES string of the molecule is NC(Cc1ccncc1)c1cnns1. The van der Waals surface area contributed by atoms with Crippen LogP contribution in [0.1, 0.15) is 16.5 Å². The van der Waals surface area contributed by atoms with E-state index in [0.717, 1.165) is 11.3 Å². The van der Waals surface area contributed by atoms with Crippen molar-refractivity contribution in [3.63, 3.8) is 0 Å². The highest BCUT2D eigenvalue weighted by Gasteiger charge is 2.08. The van der Waals surface area contributed by atoms with E-state index >= 15 is 0 Å². The number of nitrogens with zero attached hydrogens (tertiary/aromatic N) is 3. The van der Waals surface area contributed by atoms with Crippen molar-refractivity contribution < 1.29 is 0 Å². The fourth-order valence-electron chi connectivity index (χ4n) is 1.21. The molecule has 1 unspecified atom stereocenters. The zero-order valence-corrected chi connectivity index (χ0v) is 8.31. The highest BCUT2D eigenvalue weighted by Crippen LogP contribution is 2.16. The van der Waals surface area contributed by atoms with Crippen molar-refractivity contribution in [1.29, 1.82) is 0 Å². The Labute approximate surface area is 86.0 Å². The monoisotopic (exact) mass is 206 g/mol. The van der Waals surface area contributed by atoms with Crippen LogP contribution in [-0.2, 0) is 6.42 Å². The van der Waals surface area contributed by atoms with Gasteiger partial charge >= 0.3 is 0 Å². The summed E-state index contributed by atoms with van der Waals surface area (Å²) >= 11 is 1.35. The molecule has 0 aliphatic heterocycles. The number of hydrogen-bond acceptors (Lipinski definition) is 5.